The highest BCUT2D eigenvalue weighted by molar-refractivity contribution is 6.00. The molecule has 0 radical (unpaired) electrons. The molecule has 1 N–H and O–H groups in total. The number of morpholine rings is 1. The molecule has 1 amide bonds. The maximum Gasteiger partial charge on any atom is 0.256 e. The number of amides is 1. The van der Waals surface area contributed by atoms with Crippen LogP contribution in [0, 0.1) is 0 Å². The van der Waals surface area contributed by atoms with Crippen LogP contribution in [-0.4, -0.2) is 53.6 Å². The van der Waals surface area contributed by atoms with Gasteiger partial charge in [0.25, 0.3) is 5.91 Å². The fourth-order valence-electron chi connectivity index (χ4n) is 3.29. The van der Waals surface area contributed by atoms with Crippen LogP contribution in [-0.2, 0) is 17.7 Å². The number of imidazole rings is 1. The third-order valence-corrected chi connectivity index (χ3v) is 4.55. The summed E-state index contributed by atoms with van der Waals surface area (Å²) in [6, 6.07) is 7.88. The minimum Gasteiger partial charge on any atom is -0.378 e. The van der Waals surface area contributed by atoms with Crippen LogP contribution in [0.1, 0.15) is 21.7 Å². The molecule has 0 unspecified atom stereocenters. The number of aromatic nitrogens is 2. The van der Waals surface area contributed by atoms with Gasteiger partial charge in [0.1, 0.15) is 0 Å². The maximum atomic E-state index is 13.0. The predicted molar refractivity (Wildman–Crippen MR) is 86.5 cm³/mol. The van der Waals surface area contributed by atoms with Gasteiger partial charge >= 0.3 is 0 Å². The number of rotatable bonds is 2. The van der Waals surface area contributed by atoms with Crippen LogP contribution in [0.25, 0.3) is 0 Å². The quantitative estimate of drug-likeness (QED) is 0.911. The molecule has 23 heavy (non-hydrogen) atoms. The number of ether oxygens (including phenoxy) is 1. The van der Waals surface area contributed by atoms with Gasteiger partial charge in [-0.25, -0.2) is 4.98 Å². The van der Waals surface area contributed by atoms with Crippen LogP contribution in [0.15, 0.2) is 30.6 Å². The lowest BCUT2D eigenvalue weighted by Gasteiger charge is -2.32. The third-order valence-electron chi connectivity index (χ3n) is 4.55. The topological polar surface area (TPSA) is 61.5 Å². The van der Waals surface area contributed by atoms with Crippen LogP contribution in [0.3, 0.4) is 0 Å². The number of carbonyl (C=O) groups is 1. The molecule has 6 heteroatoms. The number of fused-ring (bicyclic) bond motifs is 1. The Kier molecular flexibility index (Phi) is 3.75. The Morgan fingerprint density at radius 2 is 2.00 bits per heavy atom. The van der Waals surface area contributed by atoms with Gasteiger partial charge in [0.05, 0.1) is 43.0 Å². The minimum atomic E-state index is 0.0901. The summed E-state index contributed by atoms with van der Waals surface area (Å²) in [7, 11) is 0. The number of benzene rings is 1. The zero-order valence-corrected chi connectivity index (χ0v) is 13.0. The number of anilines is 1. The number of para-hydroxylation sites is 1. The molecule has 6 nitrogen and oxygen atoms in total. The number of nitrogens with zero attached hydrogens (tertiary/aromatic N) is 3. The van der Waals surface area contributed by atoms with Gasteiger partial charge in [-0.15, -0.1) is 0 Å². The van der Waals surface area contributed by atoms with Crippen molar-refractivity contribution >= 4 is 11.6 Å². The molecule has 2 aliphatic rings. The Bertz CT molecular complexity index is 706. The van der Waals surface area contributed by atoms with E-state index in [0.717, 1.165) is 42.1 Å². The van der Waals surface area contributed by atoms with Gasteiger partial charge < -0.3 is 19.5 Å². The first kappa shape index (κ1) is 14.3. The molecule has 3 heterocycles. The highest BCUT2D eigenvalue weighted by atomic mass is 16.5. The van der Waals surface area contributed by atoms with Crippen molar-refractivity contribution in [3.63, 3.8) is 0 Å². The van der Waals surface area contributed by atoms with Gasteiger partial charge in [0, 0.05) is 31.7 Å². The smallest absolute Gasteiger partial charge is 0.256 e. The zero-order chi connectivity index (χ0) is 15.6. The van der Waals surface area contributed by atoms with Crippen molar-refractivity contribution in [1.29, 1.82) is 0 Å². The fourth-order valence-corrected chi connectivity index (χ4v) is 3.29. The molecule has 0 spiro atoms. The first-order valence-electron chi connectivity index (χ1n) is 8.05. The van der Waals surface area contributed by atoms with Gasteiger partial charge in [-0.3, -0.25) is 4.79 Å². The van der Waals surface area contributed by atoms with E-state index in [1.807, 2.05) is 29.2 Å². The Labute approximate surface area is 135 Å². The number of carbonyl (C=O) groups excluding carboxylic acids is 1. The molecule has 0 saturated carbocycles. The molecule has 1 aromatic carbocycles. The molecule has 1 aromatic heterocycles. The summed E-state index contributed by atoms with van der Waals surface area (Å²) in [6.45, 7) is 4.40. The van der Waals surface area contributed by atoms with Crippen molar-refractivity contribution in [2.75, 3.05) is 37.7 Å². The van der Waals surface area contributed by atoms with Crippen LogP contribution in [0.2, 0.25) is 0 Å². The maximum absolute atomic E-state index is 13.0. The summed E-state index contributed by atoms with van der Waals surface area (Å²) < 4.78 is 5.42. The van der Waals surface area contributed by atoms with E-state index in [4.69, 9.17) is 4.74 Å². The zero-order valence-electron chi connectivity index (χ0n) is 13.0. The van der Waals surface area contributed by atoms with E-state index in [0.29, 0.717) is 26.3 Å². The first-order chi connectivity index (χ1) is 11.3. The molecule has 0 atom stereocenters. The lowest BCUT2D eigenvalue weighted by atomic mass is 10.1. The van der Waals surface area contributed by atoms with Crippen molar-refractivity contribution in [1.82, 2.24) is 14.9 Å². The summed E-state index contributed by atoms with van der Waals surface area (Å²) >= 11 is 0. The fraction of sp³-hybridized carbons (Fsp3) is 0.412. The second-order valence-corrected chi connectivity index (χ2v) is 5.92. The van der Waals surface area contributed by atoms with Gasteiger partial charge in [0.15, 0.2) is 0 Å². The molecular formula is C17H20N4O2. The molecule has 2 aliphatic heterocycles. The monoisotopic (exact) mass is 312 g/mol. The normalized spacial score (nSPS) is 17.9. The summed E-state index contributed by atoms with van der Waals surface area (Å²) in [5.74, 6) is 0.0901. The van der Waals surface area contributed by atoms with Crippen molar-refractivity contribution < 1.29 is 9.53 Å². The van der Waals surface area contributed by atoms with Gasteiger partial charge in [0.2, 0.25) is 0 Å². The number of H-pyrrole nitrogens is 1. The molecule has 4 rings (SSSR count). The Morgan fingerprint density at radius 3 is 2.87 bits per heavy atom. The highest BCUT2D eigenvalue weighted by Crippen LogP contribution is 2.25. The van der Waals surface area contributed by atoms with E-state index in [9.17, 15) is 4.79 Å². The average molecular weight is 312 g/mol. The lowest BCUT2D eigenvalue weighted by Crippen LogP contribution is -2.40. The van der Waals surface area contributed by atoms with E-state index >= 15 is 0 Å². The Hall–Kier alpha value is -2.34. The second-order valence-electron chi connectivity index (χ2n) is 5.92. The SMILES string of the molecule is O=C(c1ccccc1N1CCOCC1)N1CCc2nc[nH]c2C1. The highest BCUT2D eigenvalue weighted by Gasteiger charge is 2.26. The summed E-state index contributed by atoms with van der Waals surface area (Å²) in [6.07, 6.45) is 2.52. The second kappa shape index (κ2) is 6.04. The molecular weight excluding hydrogens is 292 g/mol. The van der Waals surface area contributed by atoms with Gasteiger partial charge in [-0.2, -0.15) is 0 Å². The van der Waals surface area contributed by atoms with Crippen LogP contribution >= 0.6 is 0 Å². The molecule has 0 aliphatic carbocycles. The minimum absolute atomic E-state index is 0.0901. The van der Waals surface area contributed by atoms with Crippen LogP contribution < -0.4 is 4.90 Å². The lowest BCUT2D eigenvalue weighted by molar-refractivity contribution is 0.0731. The molecule has 2 aromatic rings. The van der Waals surface area contributed by atoms with E-state index in [1.54, 1.807) is 6.33 Å². The van der Waals surface area contributed by atoms with Crippen molar-refractivity contribution in [2.45, 2.75) is 13.0 Å². The third kappa shape index (κ3) is 2.70. The summed E-state index contributed by atoms with van der Waals surface area (Å²) in [5, 5.41) is 0. The Balaban J connectivity index is 1.59. The van der Waals surface area contributed by atoms with Crippen molar-refractivity contribution in [2.24, 2.45) is 0 Å². The first-order valence-corrected chi connectivity index (χ1v) is 8.05. The van der Waals surface area contributed by atoms with E-state index < -0.39 is 0 Å². The number of hydrogen-bond donors (Lipinski definition) is 1. The summed E-state index contributed by atoms with van der Waals surface area (Å²) in [5.41, 5.74) is 3.91. The summed E-state index contributed by atoms with van der Waals surface area (Å²) in [4.78, 5) is 24.6. The van der Waals surface area contributed by atoms with Gasteiger partial charge in [-0.1, -0.05) is 12.1 Å². The number of hydrogen-bond acceptors (Lipinski definition) is 4. The molecule has 1 fully saturated rings. The van der Waals surface area contributed by atoms with E-state index in [1.165, 1.54) is 0 Å². The van der Waals surface area contributed by atoms with Crippen molar-refractivity contribution in [3.8, 4) is 0 Å². The van der Waals surface area contributed by atoms with Crippen LogP contribution in [0.4, 0.5) is 5.69 Å². The van der Waals surface area contributed by atoms with Crippen LogP contribution in [0.5, 0.6) is 0 Å². The number of nitrogens with one attached hydrogen (secondary N) is 1. The largest absolute Gasteiger partial charge is 0.378 e. The standard InChI is InChI=1S/C17H20N4O2/c22-17(21-6-5-14-15(11-21)19-12-18-14)13-3-1-2-4-16(13)20-7-9-23-10-8-20/h1-4,12H,5-11H2,(H,18,19). The Morgan fingerprint density at radius 1 is 1.17 bits per heavy atom. The number of aromatic amines is 1. The molecule has 0 bridgehead atoms. The molecule has 1 saturated heterocycles. The van der Waals surface area contributed by atoms with Crippen molar-refractivity contribution in [3.05, 3.63) is 47.5 Å². The van der Waals surface area contributed by atoms with E-state index in [2.05, 4.69) is 14.9 Å². The van der Waals surface area contributed by atoms with Gasteiger partial charge in [-0.05, 0) is 12.1 Å². The average Bonchev–Trinajstić information content (AvgIpc) is 3.09. The molecule has 120 valence electrons. The predicted octanol–water partition coefficient (Wildman–Crippen LogP) is 1.44. The van der Waals surface area contributed by atoms with E-state index in [-0.39, 0.29) is 5.91 Å².